The fourth-order valence-electron chi connectivity index (χ4n) is 1.78. The van der Waals surface area contributed by atoms with Crippen LogP contribution in [0.4, 0.5) is 0 Å². The van der Waals surface area contributed by atoms with Crippen molar-refractivity contribution in [2.75, 3.05) is 13.7 Å². The van der Waals surface area contributed by atoms with Gasteiger partial charge in [-0.3, -0.25) is 4.79 Å². The molecule has 120 valence electrons. The largest absolute Gasteiger partial charge is 0.506 e. The number of hydrogen-bond acceptors (Lipinski definition) is 5. The monoisotopic (exact) mass is 306 g/mol. The number of aliphatic hydroxyl groups is 1. The zero-order chi connectivity index (χ0) is 16.7. The van der Waals surface area contributed by atoms with Gasteiger partial charge in [0.25, 0.3) is 0 Å². The van der Waals surface area contributed by atoms with Gasteiger partial charge in [-0.1, -0.05) is 26.0 Å². The van der Waals surface area contributed by atoms with Gasteiger partial charge in [-0.15, -0.1) is 0 Å². The van der Waals surface area contributed by atoms with Crippen LogP contribution in [-0.2, 0) is 14.3 Å². The average molecular weight is 306 g/mol. The van der Waals surface area contributed by atoms with Crippen LogP contribution in [0.5, 0.6) is 5.75 Å². The molecule has 0 atom stereocenters. The lowest BCUT2D eigenvalue weighted by Crippen LogP contribution is -2.17. The van der Waals surface area contributed by atoms with Crippen LogP contribution in [0.15, 0.2) is 29.8 Å². The first kappa shape index (κ1) is 17.8. The summed E-state index contributed by atoms with van der Waals surface area (Å²) in [5, 5.41) is 10.3. The van der Waals surface area contributed by atoms with Crippen molar-refractivity contribution in [1.82, 2.24) is 0 Å². The lowest BCUT2D eigenvalue weighted by molar-refractivity contribution is -0.140. The summed E-state index contributed by atoms with van der Waals surface area (Å²) in [6, 6.07) is 6.49. The van der Waals surface area contributed by atoms with Crippen molar-refractivity contribution in [3.8, 4) is 5.75 Å². The van der Waals surface area contributed by atoms with Crippen molar-refractivity contribution >= 4 is 17.5 Å². The fraction of sp³-hybridized carbons (Fsp3) is 0.412. The van der Waals surface area contributed by atoms with E-state index in [0.717, 1.165) is 0 Å². The first-order chi connectivity index (χ1) is 10.4. The maximum absolute atomic E-state index is 12.0. The molecule has 1 rings (SSSR count). The Morgan fingerprint density at radius 2 is 1.95 bits per heavy atom. The minimum Gasteiger partial charge on any atom is -0.506 e. The molecule has 0 amide bonds. The molecule has 0 spiro atoms. The Morgan fingerprint density at radius 3 is 2.50 bits per heavy atom. The van der Waals surface area contributed by atoms with E-state index in [1.165, 1.54) is 14.0 Å². The Balaban J connectivity index is 3.05. The van der Waals surface area contributed by atoms with Gasteiger partial charge >= 0.3 is 5.97 Å². The molecule has 0 bridgehead atoms. The second-order valence-electron chi connectivity index (χ2n) is 5.33. The first-order valence-electron chi connectivity index (χ1n) is 7.12. The maximum Gasteiger partial charge on any atom is 0.345 e. The van der Waals surface area contributed by atoms with E-state index in [1.807, 2.05) is 13.8 Å². The number of carbonyl (C=O) groups excluding carboxylic acids is 2. The van der Waals surface area contributed by atoms with Crippen molar-refractivity contribution in [2.45, 2.75) is 27.2 Å². The predicted molar refractivity (Wildman–Crippen MR) is 83.6 cm³/mol. The molecule has 0 heterocycles. The van der Waals surface area contributed by atoms with Gasteiger partial charge in [0.05, 0.1) is 13.7 Å². The van der Waals surface area contributed by atoms with Crippen molar-refractivity contribution in [3.63, 3.8) is 0 Å². The number of benzene rings is 1. The summed E-state index contributed by atoms with van der Waals surface area (Å²) in [7, 11) is 1.49. The predicted octanol–water partition coefficient (Wildman–Crippen LogP) is 3.14. The molecule has 0 fully saturated rings. The number of rotatable bonds is 7. The van der Waals surface area contributed by atoms with Gasteiger partial charge in [0.15, 0.2) is 5.78 Å². The summed E-state index contributed by atoms with van der Waals surface area (Å²) in [5.41, 5.74) is -0.0256. The van der Waals surface area contributed by atoms with Gasteiger partial charge < -0.3 is 14.6 Å². The van der Waals surface area contributed by atoms with Crippen LogP contribution in [0.3, 0.4) is 0 Å². The molecule has 0 aliphatic rings. The van der Waals surface area contributed by atoms with Gasteiger partial charge in [-0.05, 0) is 31.4 Å². The quantitative estimate of drug-likeness (QED) is 0.275. The minimum atomic E-state index is -0.812. The standard InChI is InChI=1S/C17H22O5/c1-11(2)8-9-22-17(20)15(12(3)18)16(19)13-6-5-7-14(10-13)21-4/h5-7,10-11,19H,8-9H2,1-4H3. The SMILES string of the molecule is COc1cccc(C(O)=C(C(C)=O)C(=O)OCCC(C)C)c1. The molecule has 0 aliphatic heterocycles. The van der Waals surface area contributed by atoms with E-state index in [1.54, 1.807) is 24.3 Å². The summed E-state index contributed by atoms with van der Waals surface area (Å²) in [6.07, 6.45) is 0.691. The highest BCUT2D eigenvalue weighted by molar-refractivity contribution is 6.21. The lowest BCUT2D eigenvalue weighted by atomic mass is 10.1. The molecule has 1 aromatic carbocycles. The number of hydrogen-bond donors (Lipinski definition) is 1. The second-order valence-corrected chi connectivity index (χ2v) is 5.33. The summed E-state index contributed by atoms with van der Waals surface area (Å²) >= 11 is 0. The van der Waals surface area contributed by atoms with Crippen LogP contribution in [0.1, 0.15) is 32.8 Å². The molecule has 0 aromatic heterocycles. The molecular weight excluding hydrogens is 284 g/mol. The number of ether oxygens (including phenoxy) is 2. The Bertz CT molecular complexity index is 572. The van der Waals surface area contributed by atoms with E-state index in [0.29, 0.717) is 23.7 Å². The first-order valence-corrected chi connectivity index (χ1v) is 7.12. The third-order valence-corrected chi connectivity index (χ3v) is 3.06. The zero-order valence-electron chi connectivity index (χ0n) is 13.4. The van der Waals surface area contributed by atoms with Crippen LogP contribution < -0.4 is 4.74 Å². The van der Waals surface area contributed by atoms with Gasteiger partial charge in [-0.2, -0.15) is 0 Å². The van der Waals surface area contributed by atoms with Crippen molar-refractivity contribution in [1.29, 1.82) is 0 Å². The van der Waals surface area contributed by atoms with E-state index in [9.17, 15) is 14.7 Å². The van der Waals surface area contributed by atoms with E-state index in [-0.39, 0.29) is 12.2 Å². The Hall–Kier alpha value is -2.30. The third-order valence-electron chi connectivity index (χ3n) is 3.06. The normalized spacial score (nSPS) is 11.9. The number of esters is 1. The number of methoxy groups -OCH3 is 1. The maximum atomic E-state index is 12.0. The van der Waals surface area contributed by atoms with E-state index >= 15 is 0 Å². The molecule has 1 aromatic rings. The van der Waals surface area contributed by atoms with Gasteiger partial charge in [0.1, 0.15) is 17.1 Å². The molecule has 0 radical (unpaired) electrons. The van der Waals surface area contributed by atoms with Crippen molar-refractivity contribution < 1.29 is 24.2 Å². The number of Topliss-reactive ketones (excluding diaryl/α,β-unsaturated/α-hetero) is 1. The molecule has 0 unspecified atom stereocenters. The molecule has 5 nitrogen and oxygen atoms in total. The fourth-order valence-corrected chi connectivity index (χ4v) is 1.78. The highest BCUT2D eigenvalue weighted by Gasteiger charge is 2.23. The molecule has 0 saturated carbocycles. The van der Waals surface area contributed by atoms with Gasteiger partial charge in [-0.25, -0.2) is 4.79 Å². The van der Waals surface area contributed by atoms with Crippen LogP contribution in [-0.4, -0.2) is 30.6 Å². The number of aliphatic hydroxyl groups excluding tert-OH is 1. The topological polar surface area (TPSA) is 72.8 Å². The van der Waals surface area contributed by atoms with E-state index in [4.69, 9.17) is 9.47 Å². The molecular formula is C17H22O5. The van der Waals surface area contributed by atoms with Crippen molar-refractivity contribution in [3.05, 3.63) is 35.4 Å². The Kier molecular flexibility index (Phi) is 6.63. The van der Waals surface area contributed by atoms with Crippen LogP contribution in [0.25, 0.3) is 5.76 Å². The molecule has 0 aliphatic carbocycles. The van der Waals surface area contributed by atoms with Crippen LogP contribution in [0, 0.1) is 5.92 Å². The highest BCUT2D eigenvalue weighted by Crippen LogP contribution is 2.22. The summed E-state index contributed by atoms with van der Waals surface area (Å²) in [4.78, 5) is 23.7. The van der Waals surface area contributed by atoms with Crippen molar-refractivity contribution in [2.24, 2.45) is 5.92 Å². The number of carbonyl (C=O) groups is 2. The smallest absolute Gasteiger partial charge is 0.345 e. The Morgan fingerprint density at radius 1 is 1.27 bits per heavy atom. The summed E-state index contributed by atoms with van der Waals surface area (Å²) in [5.74, 6) is -0.867. The van der Waals surface area contributed by atoms with Gasteiger partial charge in [0.2, 0.25) is 0 Å². The summed E-state index contributed by atoms with van der Waals surface area (Å²) in [6.45, 7) is 5.43. The molecule has 0 saturated heterocycles. The number of ketones is 1. The molecule has 5 heteroatoms. The third kappa shape index (κ3) is 4.91. The molecule has 1 N–H and O–H groups in total. The lowest BCUT2D eigenvalue weighted by Gasteiger charge is -2.10. The average Bonchev–Trinajstić information content (AvgIpc) is 2.46. The second kappa shape index (κ2) is 8.22. The van der Waals surface area contributed by atoms with E-state index < -0.39 is 17.5 Å². The molecule has 22 heavy (non-hydrogen) atoms. The van der Waals surface area contributed by atoms with E-state index in [2.05, 4.69) is 0 Å². The van der Waals surface area contributed by atoms with Crippen LogP contribution in [0.2, 0.25) is 0 Å². The van der Waals surface area contributed by atoms with Gasteiger partial charge in [0, 0.05) is 5.56 Å². The van der Waals surface area contributed by atoms with Crippen LogP contribution >= 0.6 is 0 Å². The minimum absolute atomic E-state index is 0.207. The summed E-state index contributed by atoms with van der Waals surface area (Å²) < 4.78 is 10.1. The highest BCUT2D eigenvalue weighted by atomic mass is 16.5. The zero-order valence-corrected chi connectivity index (χ0v) is 13.4. The Labute approximate surface area is 130 Å².